The number of aromatic nitrogens is 1. The number of aryl methyl sites for hydroxylation is 1. The SMILES string of the molecule is COC(=O)c1sc(N2C(=O)C(=O)C(=C(O)c3ccc4c(c3)C[C@@H](C)O4)[C@@H]2c2cc(Br)c(O)c(OC)c2)nc1C. The molecule has 0 aliphatic carbocycles. The summed E-state index contributed by atoms with van der Waals surface area (Å²) in [7, 11) is 2.60. The van der Waals surface area contributed by atoms with Crippen molar-refractivity contribution < 1.29 is 38.8 Å². The quantitative estimate of drug-likeness (QED) is 0.182. The average Bonchev–Trinajstić information content (AvgIpc) is 3.56. The normalized spacial score (nSPS) is 19.7. The first-order chi connectivity index (χ1) is 18.5. The monoisotopic (exact) mass is 614 g/mol. The fourth-order valence-corrected chi connectivity index (χ4v) is 6.22. The lowest BCUT2D eigenvalue weighted by atomic mass is 9.94. The summed E-state index contributed by atoms with van der Waals surface area (Å²) >= 11 is 4.18. The minimum absolute atomic E-state index is 0.0260. The van der Waals surface area contributed by atoms with Crippen LogP contribution in [0.15, 0.2) is 40.4 Å². The summed E-state index contributed by atoms with van der Waals surface area (Å²) < 4.78 is 16.1. The Bertz CT molecular complexity index is 1580. The van der Waals surface area contributed by atoms with Crippen LogP contribution in [-0.4, -0.2) is 53.2 Å². The number of aromatic hydroxyl groups is 1. The largest absolute Gasteiger partial charge is 0.507 e. The molecule has 2 aliphatic rings. The fourth-order valence-electron chi connectivity index (χ4n) is 4.74. The van der Waals surface area contributed by atoms with Crippen LogP contribution in [0.25, 0.3) is 5.76 Å². The van der Waals surface area contributed by atoms with Crippen LogP contribution < -0.4 is 14.4 Å². The van der Waals surface area contributed by atoms with Crippen molar-refractivity contribution >= 4 is 55.8 Å². The first kappa shape index (κ1) is 26.7. The third-order valence-corrected chi connectivity index (χ3v) is 8.30. The van der Waals surface area contributed by atoms with Gasteiger partial charge in [-0.25, -0.2) is 9.78 Å². The molecule has 0 radical (unpaired) electrons. The van der Waals surface area contributed by atoms with Crippen molar-refractivity contribution in [3.8, 4) is 17.2 Å². The van der Waals surface area contributed by atoms with Crippen molar-refractivity contribution in [1.82, 2.24) is 4.98 Å². The minimum Gasteiger partial charge on any atom is -0.507 e. The number of benzene rings is 2. The van der Waals surface area contributed by atoms with Gasteiger partial charge in [0.15, 0.2) is 16.6 Å². The molecule has 1 amide bonds. The van der Waals surface area contributed by atoms with Crippen molar-refractivity contribution in [2.45, 2.75) is 32.4 Å². The van der Waals surface area contributed by atoms with Gasteiger partial charge in [0.2, 0.25) is 0 Å². The lowest BCUT2D eigenvalue weighted by Gasteiger charge is -2.24. The van der Waals surface area contributed by atoms with Gasteiger partial charge in [-0.05, 0) is 71.2 Å². The number of methoxy groups -OCH3 is 2. The molecule has 3 aromatic rings. The molecule has 39 heavy (non-hydrogen) atoms. The molecule has 3 heterocycles. The number of hydrogen-bond acceptors (Lipinski definition) is 10. The lowest BCUT2D eigenvalue weighted by molar-refractivity contribution is -0.132. The number of aliphatic hydroxyl groups excluding tert-OH is 1. The number of aliphatic hydroxyl groups is 1. The summed E-state index contributed by atoms with van der Waals surface area (Å²) in [5.74, 6) is -2.29. The molecule has 1 saturated heterocycles. The number of fused-ring (bicyclic) bond motifs is 1. The molecule has 1 aromatic heterocycles. The Hall–Kier alpha value is -3.90. The molecule has 2 aromatic carbocycles. The number of halogens is 1. The summed E-state index contributed by atoms with van der Waals surface area (Å²) in [6.45, 7) is 3.52. The van der Waals surface area contributed by atoms with Gasteiger partial charge < -0.3 is 24.4 Å². The molecule has 0 saturated carbocycles. The summed E-state index contributed by atoms with van der Waals surface area (Å²) in [4.78, 5) is 45.0. The van der Waals surface area contributed by atoms with Gasteiger partial charge >= 0.3 is 11.9 Å². The number of rotatable bonds is 5. The molecule has 2 N–H and O–H groups in total. The molecule has 5 rings (SSSR count). The number of nitrogens with zero attached hydrogens (tertiary/aromatic N) is 2. The van der Waals surface area contributed by atoms with Gasteiger partial charge in [0.05, 0.1) is 36.0 Å². The van der Waals surface area contributed by atoms with E-state index in [9.17, 15) is 24.6 Å². The average molecular weight is 615 g/mol. The van der Waals surface area contributed by atoms with Crippen LogP contribution in [0.1, 0.15) is 45.0 Å². The molecule has 2 atom stereocenters. The number of thiazole rings is 1. The lowest BCUT2D eigenvalue weighted by Crippen LogP contribution is -2.29. The highest BCUT2D eigenvalue weighted by Gasteiger charge is 2.49. The van der Waals surface area contributed by atoms with E-state index in [1.807, 2.05) is 6.92 Å². The minimum atomic E-state index is -1.16. The number of ether oxygens (including phenoxy) is 3. The van der Waals surface area contributed by atoms with Crippen molar-refractivity contribution in [3.05, 3.63) is 67.6 Å². The number of anilines is 1. The Morgan fingerprint density at radius 1 is 1.23 bits per heavy atom. The maximum atomic E-state index is 13.5. The zero-order valence-electron chi connectivity index (χ0n) is 21.3. The van der Waals surface area contributed by atoms with E-state index in [2.05, 4.69) is 20.9 Å². The molecule has 0 bridgehead atoms. The highest BCUT2D eigenvalue weighted by Crippen LogP contribution is 2.47. The van der Waals surface area contributed by atoms with Crippen LogP contribution in [0.2, 0.25) is 0 Å². The van der Waals surface area contributed by atoms with Gasteiger partial charge in [0, 0.05) is 12.0 Å². The molecule has 202 valence electrons. The Balaban J connectivity index is 1.73. The topological polar surface area (TPSA) is 135 Å². The van der Waals surface area contributed by atoms with E-state index in [4.69, 9.17) is 14.2 Å². The number of amides is 1. The predicted molar refractivity (Wildman–Crippen MR) is 146 cm³/mol. The summed E-state index contributed by atoms with van der Waals surface area (Å²) in [6.07, 6.45) is 0.604. The standard InChI is InChI=1S/C27H23BrN2O8S/c1-11-7-14-8-13(5-6-17(14)38-11)21(31)19-20(15-9-16(28)22(32)18(10-15)36-3)30(25(34)23(19)33)27-29-12(2)24(39-27)26(35)37-4/h5-6,8-11,20,31-32H,7H2,1-4H3/t11-,20+/m1/s1. The number of phenolic OH excluding ortho intramolecular Hbond substituents is 1. The van der Waals surface area contributed by atoms with E-state index >= 15 is 0 Å². The van der Waals surface area contributed by atoms with Gasteiger partial charge in [0.25, 0.3) is 5.78 Å². The zero-order chi connectivity index (χ0) is 28.2. The van der Waals surface area contributed by atoms with E-state index in [1.165, 1.54) is 26.4 Å². The van der Waals surface area contributed by atoms with Crippen LogP contribution in [-0.2, 0) is 20.7 Å². The smallest absolute Gasteiger partial charge is 0.350 e. The van der Waals surface area contributed by atoms with Crippen LogP contribution in [0.4, 0.5) is 5.13 Å². The summed E-state index contributed by atoms with van der Waals surface area (Å²) in [5, 5.41) is 22.0. The van der Waals surface area contributed by atoms with E-state index in [-0.39, 0.29) is 43.4 Å². The number of Topliss-reactive ketones (excluding diaryl/α,β-unsaturated/α-hetero) is 1. The summed E-state index contributed by atoms with van der Waals surface area (Å²) in [6, 6.07) is 6.90. The number of carbonyl (C=O) groups excluding carboxylic acids is 3. The Labute approximate surface area is 235 Å². The van der Waals surface area contributed by atoms with Gasteiger partial charge in [-0.1, -0.05) is 11.3 Å². The fraction of sp³-hybridized carbons (Fsp3) is 0.259. The van der Waals surface area contributed by atoms with Gasteiger partial charge in [-0.15, -0.1) is 0 Å². The van der Waals surface area contributed by atoms with Gasteiger partial charge in [-0.3, -0.25) is 14.5 Å². The highest BCUT2D eigenvalue weighted by atomic mass is 79.9. The second-order valence-electron chi connectivity index (χ2n) is 9.08. The first-order valence-electron chi connectivity index (χ1n) is 11.8. The van der Waals surface area contributed by atoms with Crippen molar-refractivity contribution in [2.24, 2.45) is 0 Å². The van der Waals surface area contributed by atoms with E-state index < -0.39 is 23.7 Å². The maximum absolute atomic E-state index is 13.5. The van der Waals surface area contributed by atoms with E-state index in [0.717, 1.165) is 21.8 Å². The number of esters is 1. The van der Waals surface area contributed by atoms with Crippen molar-refractivity contribution in [2.75, 3.05) is 19.1 Å². The molecular weight excluding hydrogens is 592 g/mol. The predicted octanol–water partition coefficient (Wildman–Crippen LogP) is 4.66. The first-order valence-corrected chi connectivity index (χ1v) is 13.4. The van der Waals surface area contributed by atoms with Crippen molar-refractivity contribution in [3.63, 3.8) is 0 Å². The van der Waals surface area contributed by atoms with E-state index in [1.54, 1.807) is 25.1 Å². The second-order valence-corrected chi connectivity index (χ2v) is 10.9. The van der Waals surface area contributed by atoms with Crippen LogP contribution in [0.5, 0.6) is 17.2 Å². The number of carbonyl (C=O) groups is 3. The molecule has 0 spiro atoms. The summed E-state index contributed by atoms with van der Waals surface area (Å²) in [5.41, 5.74) is 1.69. The number of phenols is 1. The van der Waals surface area contributed by atoms with Crippen molar-refractivity contribution in [1.29, 1.82) is 0 Å². The Morgan fingerprint density at radius 3 is 2.67 bits per heavy atom. The van der Waals surface area contributed by atoms with Crippen LogP contribution in [0.3, 0.4) is 0 Å². The second kappa shape index (κ2) is 10.0. The van der Waals surface area contributed by atoms with Crippen LogP contribution >= 0.6 is 27.3 Å². The van der Waals surface area contributed by atoms with Gasteiger partial charge in [0.1, 0.15) is 22.5 Å². The Morgan fingerprint density at radius 2 is 1.97 bits per heavy atom. The van der Waals surface area contributed by atoms with Crippen LogP contribution in [0, 0.1) is 6.92 Å². The molecule has 0 unspecified atom stereocenters. The Kier molecular flexibility index (Phi) is 6.85. The molecule has 1 fully saturated rings. The molecule has 12 heteroatoms. The number of hydrogen-bond donors (Lipinski definition) is 2. The molecule has 2 aliphatic heterocycles. The third-order valence-electron chi connectivity index (χ3n) is 6.56. The highest BCUT2D eigenvalue weighted by molar-refractivity contribution is 9.10. The number of ketones is 1. The molecular formula is C27H23BrN2O8S. The molecule has 10 nitrogen and oxygen atoms in total. The van der Waals surface area contributed by atoms with Gasteiger partial charge in [-0.2, -0.15) is 0 Å². The van der Waals surface area contributed by atoms with E-state index in [0.29, 0.717) is 29.0 Å². The maximum Gasteiger partial charge on any atom is 0.350 e. The zero-order valence-corrected chi connectivity index (χ0v) is 23.7. The third kappa shape index (κ3) is 4.43.